The maximum atomic E-state index is 13.0. The Bertz CT molecular complexity index is 1200. The topological polar surface area (TPSA) is 117 Å². The highest BCUT2D eigenvalue weighted by Gasteiger charge is 2.38. The first-order valence-corrected chi connectivity index (χ1v) is 10.4. The quantitative estimate of drug-likeness (QED) is 0.582. The number of hydrogen-bond donors (Lipinski definition) is 2. The fraction of sp³-hybridized carbons (Fsp3) is 0.261. The number of carboxylic acids is 1. The Morgan fingerprint density at radius 2 is 1.86 bits per heavy atom. The lowest BCUT2D eigenvalue weighted by Crippen LogP contribution is -2.47. The third-order valence-electron chi connectivity index (χ3n) is 5.06. The minimum atomic E-state index is -5.08. The van der Waals surface area contributed by atoms with Gasteiger partial charge in [0.2, 0.25) is 5.91 Å². The summed E-state index contributed by atoms with van der Waals surface area (Å²) in [5.41, 5.74) is 3.27. The van der Waals surface area contributed by atoms with Crippen LogP contribution in [0.25, 0.3) is 0 Å². The summed E-state index contributed by atoms with van der Waals surface area (Å²) < 4.78 is 33.4. The molecule has 3 aromatic rings. The zero-order valence-electron chi connectivity index (χ0n) is 18.6. The zero-order chi connectivity index (χ0) is 25.6. The van der Waals surface area contributed by atoms with Crippen molar-refractivity contribution in [3.8, 4) is 0 Å². The van der Waals surface area contributed by atoms with Crippen molar-refractivity contribution < 1.29 is 32.7 Å². The van der Waals surface area contributed by atoms with Gasteiger partial charge in [-0.2, -0.15) is 18.3 Å². The van der Waals surface area contributed by atoms with Crippen LogP contribution >= 0.6 is 0 Å². The molecule has 3 heterocycles. The van der Waals surface area contributed by atoms with Gasteiger partial charge in [0.1, 0.15) is 6.04 Å². The van der Waals surface area contributed by atoms with Crippen LogP contribution in [0.4, 0.5) is 13.2 Å². The molecule has 1 atom stereocenters. The molecule has 0 saturated carbocycles. The van der Waals surface area contributed by atoms with Gasteiger partial charge in [-0.05, 0) is 37.3 Å². The monoisotopic (exact) mass is 489 g/mol. The van der Waals surface area contributed by atoms with Gasteiger partial charge in [0.05, 0.1) is 31.0 Å². The van der Waals surface area contributed by atoms with E-state index in [1.54, 1.807) is 28.0 Å². The number of hydrogen-bond acceptors (Lipinski definition) is 5. The number of fused-ring (bicyclic) bond motifs is 1. The molecule has 35 heavy (non-hydrogen) atoms. The summed E-state index contributed by atoms with van der Waals surface area (Å²) in [4.78, 5) is 40.7. The predicted octanol–water partition coefficient (Wildman–Crippen LogP) is 2.73. The van der Waals surface area contributed by atoms with E-state index in [-0.39, 0.29) is 18.4 Å². The molecule has 1 aliphatic heterocycles. The molecule has 1 unspecified atom stereocenters. The normalized spacial score (nSPS) is 14.9. The van der Waals surface area contributed by atoms with Crippen LogP contribution in [0.2, 0.25) is 0 Å². The van der Waals surface area contributed by atoms with E-state index in [1.165, 1.54) is 0 Å². The van der Waals surface area contributed by atoms with Gasteiger partial charge in [0.25, 0.3) is 5.91 Å². The lowest BCUT2D eigenvalue weighted by molar-refractivity contribution is -0.192. The molecular formula is C23H22F3N5O4. The molecule has 2 N–H and O–H groups in total. The number of benzene rings is 1. The minimum Gasteiger partial charge on any atom is -0.475 e. The van der Waals surface area contributed by atoms with Gasteiger partial charge in [-0.25, -0.2) is 4.79 Å². The molecule has 0 spiro atoms. The summed E-state index contributed by atoms with van der Waals surface area (Å²) in [5, 5.41) is 14.3. The van der Waals surface area contributed by atoms with E-state index in [4.69, 9.17) is 9.90 Å². The maximum Gasteiger partial charge on any atom is 0.490 e. The second-order valence-electron chi connectivity index (χ2n) is 7.68. The summed E-state index contributed by atoms with van der Waals surface area (Å²) in [5.74, 6) is -3.02. The number of carboxylic acid groups (broad SMARTS) is 1. The Kier molecular flexibility index (Phi) is 7.84. The van der Waals surface area contributed by atoms with E-state index in [0.717, 1.165) is 17.0 Å². The van der Waals surface area contributed by atoms with E-state index in [9.17, 15) is 22.8 Å². The molecule has 4 rings (SSSR count). The van der Waals surface area contributed by atoms with E-state index >= 15 is 0 Å². The van der Waals surface area contributed by atoms with Crippen molar-refractivity contribution in [3.63, 3.8) is 0 Å². The number of aryl methyl sites for hydroxylation is 1. The van der Waals surface area contributed by atoms with Crippen molar-refractivity contribution in [1.29, 1.82) is 0 Å². The SMILES string of the molecule is Cc1cccc(C(=O)N2Cc3ccnn3C(C(=O)NCc3ccccn3)C2)c1.O=C(O)C(F)(F)F. The van der Waals surface area contributed by atoms with Crippen LogP contribution < -0.4 is 5.32 Å². The predicted molar refractivity (Wildman–Crippen MR) is 117 cm³/mol. The number of nitrogens with one attached hydrogen (secondary N) is 1. The molecule has 12 heteroatoms. The molecule has 0 saturated heterocycles. The molecule has 0 aliphatic carbocycles. The molecular weight excluding hydrogens is 467 g/mol. The third-order valence-corrected chi connectivity index (χ3v) is 5.06. The first-order valence-electron chi connectivity index (χ1n) is 10.4. The van der Waals surface area contributed by atoms with Crippen molar-refractivity contribution in [1.82, 2.24) is 25.0 Å². The van der Waals surface area contributed by atoms with Crippen LogP contribution in [0.1, 0.15) is 33.4 Å². The molecule has 184 valence electrons. The highest BCUT2D eigenvalue weighted by molar-refractivity contribution is 5.95. The molecule has 0 bridgehead atoms. The highest BCUT2D eigenvalue weighted by atomic mass is 19.4. The standard InChI is InChI=1S/C21H21N5O2.C2HF3O2/c1-15-5-4-6-16(11-15)21(28)25-13-18-8-10-24-26(18)19(14-25)20(27)23-12-17-7-2-3-9-22-17;3-2(4,5)1(6)7/h2-11,19H,12-14H2,1H3,(H,23,27);(H,6,7). The van der Waals surface area contributed by atoms with E-state index in [1.807, 2.05) is 49.4 Å². The minimum absolute atomic E-state index is 0.0846. The molecule has 2 aromatic heterocycles. The third kappa shape index (κ3) is 6.65. The first kappa shape index (κ1) is 25.4. The number of amides is 2. The molecule has 0 radical (unpaired) electrons. The van der Waals surface area contributed by atoms with Crippen molar-refractivity contribution >= 4 is 17.8 Å². The number of carbonyl (C=O) groups is 3. The average Bonchev–Trinajstić information content (AvgIpc) is 3.30. The molecule has 1 aromatic carbocycles. The largest absolute Gasteiger partial charge is 0.490 e. The van der Waals surface area contributed by atoms with Crippen molar-refractivity contribution in [3.05, 3.63) is 83.4 Å². The molecule has 2 amide bonds. The summed E-state index contributed by atoms with van der Waals surface area (Å²) in [6.45, 7) is 2.99. The van der Waals surface area contributed by atoms with Crippen LogP contribution in [-0.2, 0) is 22.7 Å². The van der Waals surface area contributed by atoms with Crippen molar-refractivity contribution in [2.75, 3.05) is 6.54 Å². The number of halogens is 3. The van der Waals surface area contributed by atoms with E-state index < -0.39 is 18.2 Å². The Balaban J connectivity index is 0.000000429. The van der Waals surface area contributed by atoms with Crippen LogP contribution in [0.3, 0.4) is 0 Å². The summed E-state index contributed by atoms with van der Waals surface area (Å²) in [7, 11) is 0. The van der Waals surface area contributed by atoms with Gasteiger partial charge < -0.3 is 15.3 Å². The van der Waals surface area contributed by atoms with Crippen LogP contribution in [-0.4, -0.2) is 55.3 Å². The van der Waals surface area contributed by atoms with Gasteiger partial charge in [-0.3, -0.25) is 19.3 Å². The van der Waals surface area contributed by atoms with Gasteiger partial charge in [0.15, 0.2) is 0 Å². The van der Waals surface area contributed by atoms with E-state index in [0.29, 0.717) is 18.7 Å². The van der Waals surface area contributed by atoms with Crippen LogP contribution in [0.15, 0.2) is 60.9 Å². The van der Waals surface area contributed by atoms with Crippen molar-refractivity contribution in [2.24, 2.45) is 0 Å². The van der Waals surface area contributed by atoms with Gasteiger partial charge >= 0.3 is 12.1 Å². The lowest BCUT2D eigenvalue weighted by Gasteiger charge is -2.33. The summed E-state index contributed by atoms with van der Waals surface area (Å²) >= 11 is 0. The van der Waals surface area contributed by atoms with Gasteiger partial charge in [0, 0.05) is 18.0 Å². The number of aromatic nitrogens is 3. The average molecular weight is 489 g/mol. The Morgan fingerprint density at radius 3 is 2.49 bits per heavy atom. The Morgan fingerprint density at radius 1 is 1.11 bits per heavy atom. The number of pyridine rings is 1. The fourth-order valence-electron chi connectivity index (χ4n) is 3.40. The van der Waals surface area contributed by atoms with Gasteiger partial charge in [-0.1, -0.05) is 23.8 Å². The second-order valence-corrected chi connectivity index (χ2v) is 7.68. The molecule has 1 aliphatic rings. The second kappa shape index (κ2) is 10.8. The number of aliphatic carboxylic acids is 1. The maximum absolute atomic E-state index is 13.0. The van der Waals surface area contributed by atoms with Crippen molar-refractivity contribution in [2.45, 2.75) is 32.2 Å². The first-order chi connectivity index (χ1) is 16.6. The number of carbonyl (C=O) groups excluding carboxylic acids is 2. The Labute approximate surface area is 198 Å². The lowest BCUT2D eigenvalue weighted by atomic mass is 10.1. The number of alkyl halides is 3. The van der Waals surface area contributed by atoms with Crippen LogP contribution in [0.5, 0.6) is 0 Å². The van der Waals surface area contributed by atoms with Gasteiger partial charge in [-0.15, -0.1) is 0 Å². The summed E-state index contributed by atoms with van der Waals surface area (Å²) in [6.07, 6.45) is -1.73. The van der Waals surface area contributed by atoms with Crippen LogP contribution in [0, 0.1) is 6.92 Å². The van der Waals surface area contributed by atoms with E-state index in [2.05, 4.69) is 15.4 Å². The number of rotatable bonds is 4. The zero-order valence-corrected chi connectivity index (χ0v) is 18.6. The Hall–Kier alpha value is -4.22. The number of nitrogens with zero attached hydrogens (tertiary/aromatic N) is 4. The smallest absolute Gasteiger partial charge is 0.475 e. The molecule has 9 nitrogen and oxygen atoms in total. The summed E-state index contributed by atoms with van der Waals surface area (Å²) in [6, 6.07) is 14.3. The molecule has 0 fully saturated rings. The fourth-order valence-corrected chi connectivity index (χ4v) is 3.40. The highest BCUT2D eigenvalue weighted by Crippen LogP contribution is 2.22.